The van der Waals surface area contributed by atoms with E-state index in [1.165, 1.54) is 0 Å². The van der Waals surface area contributed by atoms with Gasteiger partial charge >= 0.3 is 5.97 Å². The van der Waals surface area contributed by atoms with Gasteiger partial charge in [-0.25, -0.2) is 4.79 Å². The zero-order valence-corrected chi connectivity index (χ0v) is 6.26. The van der Waals surface area contributed by atoms with Gasteiger partial charge in [-0.15, -0.1) is 0 Å². The number of aliphatic hydroxyl groups is 1. The number of ether oxygens (including phenoxy) is 1. The molecule has 1 N–H and O–H groups in total. The van der Waals surface area contributed by atoms with E-state index in [1.54, 1.807) is 13.8 Å². The van der Waals surface area contributed by atoms with E-state index in [-0.39, 0.29) is 5.76 Å². The largest absolute Gasteiger partial charge is 0.512 e. The van der Waals surface area contributed by atoms with E-state index < -0.39 is 5.97 Å². The van der Waals surface area contributed by atoms with E-state index in [0.717, 1.165) is 6.08 Å². The molecule has 3 nitrogen and oxygen atoms in total. The van der Waals surface area contributed by atoms with Crippen LogP contribution < -0.4 is 0 Å². The smallest absolute Gasteiger partial charge is 0.334 e. The SMILES string of the molecule is CCOC(=O)C=C(O)CC. The summed E-state index contributed by atoms with van der Waals surface area (Å²) in [6.45, 7) is 3.81. The molecule has 0 rings (SSSR count). The van der Waals surface area contributed by atoms with Crippen LogP contribution in [0.25, 0.3) is 0 Å². The molecule has 0 heterocycles. The van der Waals surface area contributed by atoms with E-state index in [2.05, 4.69) is 4.74 Å². The van der Waals surface area contributed by atoms with Crippen LogP contribution in [0.3, 0.4) is 0 Å². The van der Waals surface area contributed by atoms with Gasteiger partial charge in [0.1, 0.15) is 0 Å². The number of allylic oxidation sites excluding steroid dienone is 1. The monoisotopic (exact) mass is 144 g/mol. The number of hydrogen-bond donors (Lipinski definition) is 1. The molecule has 0 unspecified atom stereocenters. The highest BCUT2D eigenvalue weighted by Gasteiger charge is 1.96. The predicted molar refractivity (Wildman–Crippen MR) is 37.6 cm³/mol. The lowest BCUT2D eigenvalue weighted by Crippen LogP contribution is -2.00. The first-order valence-corrected chi connectivity index (χ1v) is 3.27. The van der Waals surface area contributed by atoms with Gasteiger partial charge in [0.05, 0.1) is 18.4 Å². The van der Waals surface area contributed by atoms with Crippen molar-refractivity contribution in [2.45, 2.75) is 20.3 Å². The van der Waals surface area contributed by atoms with Gasteiger partial charge < -0.3 is 9.84 Å². The van der Waals surface area contributed by atoms with Crippen molar-refractivity contribution in [3.63, 3.8) is 0 Å². The van der Waals surface area contributed by atoms with Crippen molar-refractivity contribution >= 4 is 5.97 Å². The summed E-state index contributed by atoms with van der Waals surface area (Å²) in [6, 6.07) is 0. The summed E-state index contributed by atoms with van der Waals surface area (Å²) < 4.78 is 4.54. The lowest BCUT2D eigenvalue weighted by atomic mass is 10.4. The zero-order valence-electron chi connectivity index (χ0n) is 6.26. The molecule has 0 aromatic rings. The van der Waals surface area contributed by atoms with E-state index in [9.17, 15) is 4.79 Å². The average molecular weight is 144 g/mol. The lowest BCUT2D eigenvalue weighted by Gasteiger charge is -1.95. The van der Waals surface area contributed by atoms with Crippen molar-refractivity contribution in [1.29, 1.82) is 0 Å². The van der Waals surface area contributed by atoms with Crippen molar-refractivity contribution in [2.24, 2.45) is 0 Å². The van der Waals surface area contributed by atoms with Gasteiger partial charge in [-0.05, 0) is 6.92 Å². The minimum absolute atomic E-state index is 0.0541. The molecule has 0 bridgehead atoms. The number of carbonyl (C=O) groups excluding carboxylic acids is 1. The standard InChI is InChI=1S/C7H12O3/c1-3-6(8)5-7(9)10-4-2/h5,8H,3-4H2,1-2H3. The Hall–Kier alpha value is -0.990. The summed E-state index contributed by atoms with van der Waals surface area (Å²) in [4.78, 5) is 10.6. The third-order valence-electron chi connectivity index (χ3n) is 0.933. The molecule has 10 heavy (non-hydrogen) atoms. The molecule has 0 saturated carbocycles. The fraction of sp³-hybridized carbons (Fsp3) is 0.571. The van der Waals surface area contributed by atoms with Crippen molar-refractivity contribution < 1.29 is 14.6 Å². The van der Waals surface area contributed by atoms with Crippen molar-refractivity contribution in [2.75, 3.05) is 6.61 Å². The highest BCUT2D eigenvalue weighted by molar-refractivity contribution is 5.82. The van der Waals surface area contributed by atoms with E-state index in [0.29, 0.717) is 13.0 Å². The topological polar surface area (TPSA) is 46.5 Å². The van der Waals surface area contributed by atoms with Crippen LogP contribution in [-0.4, -0.2) is 17.7 Å². The van der Waals surface area contributed by atoms with E-state index in [4.69, 9.17) is 5.11 Å². The molecule has 0 atom stereocenters. The second-order valence-electron chi connectivity index (χ2n) is 1.74. The number of aliphatic hydroxyl groups excluding tert-OH is 1. The molecule has 0 aliphatic rings. The Balaban J connectivity index is 3.75. The molecule has 0 aromatic carbocycles. The summed E-state index contributed by atoms with van der Waals surface area (Å²) in [6.07, 6.45) is 1.54. The Kier molecular flexibility index (Phi) is 4.37. The predicted octanol–water partition coefficient (Wildman–Crippen LogP) is 1.40. The normalized spacial score (nSPS) is 11.2. The van der Waals surface area contributed by atoms with Gasteiger partial charge in [0.2, 0.25) is 0 Å². The van der Waals surface area contributed by atoms with Crippen LogP contribution in [0, 0.1) is 0 Å². The van der Waals surface area contributed by atoms with Gasteiger partial charge in [-0.3, -0.25) is 0 Å². The van der Waals surface area contributed by atoms with Gasteiger partial charge in [0.15, 0.2) is 0 Å². The molecular formula is C7H12O3. The highest BCUT2D eigenvalue weighted by atomic mass is 16.5. The molecule has 0 amide bonds. The summed E-state index contributed by atoms with van der Waals surface area (Å²) in [5.74, 6) is -0.430. The van der Waals surface area contributed by atoms with Crippen molar-refractivity contribution in [1.82, 2.24) is 0 Å². The molecular weight excluding hydrogens is 132 g/mol. The second kappa shape index (κ2) is 4.85. The number of carbonyl (C=O) groups is 1. The summed E-state index contributed by atoms with van der Waals surface area (Å²) in [7, 11) is 0. The van der Waals surface area contributed by atoms with Gasteiger partial charge in [0.25, 0.3) is 0 Å². The maximum Gasteiger partial charge on any atom is 0.334 e. The Labute approximate surface area is 60.3 Å². The summed E-state index contributed by atoms with van der Waals surface area (Å²) >= 11 is 0. The molecule has 0 saturated heterocycles. The quantitative estimate of drug-likeness (QED) is 0.370. The van der Waals surface area contributed by atoms with Crippen LogP contribution in [0.1, 0.15) is 20.3 Å². The lowest BCUT2D eigenvalue weighted by molar-refractivity contribution is -0.137. The highest BCUT2D eigenvalue weighted by Crippen LogP contribution is 1.94. The first-order valence-electron chi connectivity index (χ1n) is 3.27. The van der Waals surface area contributed by atoms with Crippen LogP contribution in [-0.2, 0) is 9.53 Å². The zero-order chi connectivity index (χ0) is 7.98. The van der Waals surface area contributed by atoms with Crippen molar-refractivity contribution in [3.8, 4) is 0 Å². The fourth-order valence-electron chi connectivity index (χ4n) is 0.422. The molecule has 0 aliphatic heterocycles. The Morgan fingerprint density at radius 1 is 1.60 bits per heavy atom. The molecule has 0 radical (unpaired) electrons. The summed E-state index contributed by atoms with van der Waals surface area (Å²) in [5, 5.41) is 8.82. The molecule has 58 valence electrons. The summed E-state index contributed by atoms with van der Waals surface area (Å²) in [5.41, 5.74) is 0. The second-order valence-corrected chi connectivity index (χ2v) is 1.74. The van der Waals surface area contributed by atoms with Crippen LogP contribution in [0.5, 0.6) is 0 Å². The number of hydrogen-bond acceptors (Lipinski definition) is 3. The molecule has 0 aliphatic carbocycles. The molecule has 0 fully saturated rings. The molecule has 0 aromatic heterocycles. The van der Waals surface area contributed by atoms with Crippen LogP contribution in [0.15, 0.2) is 11.8 Å². The van der Waals surface area contributed by atoms with Gasteiger partial charge in [-0.2, -0.15) is 0 Å². The fourth-order valence-corrected chi connectivity index (χ4v) is 0.422. The Bertz CT molecular complexity index is 138. The minimum Gasteiger partial charge on any atom is -0.512 e. The van der Waals surface area contributed by atoms with Crippen LogP contribution >= 0.6 is 0 Å². The third-order valence-corrected chi connectivity index (χ3v) is 0.933. The maximum absolute atomic E-state index is 10.6. The van der Waals surface area contributed by atoms with Crippen LogP contribution in [0.2, 0.25) is 0 Å². The van der Waals surface area contributed by atoms with Gasteiger partial charge in [-0.1, -0.05) is 6.92 Å². The van der Waals surface area contributed by atoms with Crippen molar-refractivity contribution in [3.05, 3.63) is 11.8 Å². The van der Waals surface area contributed by atoms with Gasteiger partial charge in [0, 0.05) is 6.42 Å². The van der Waals surface area contributed by atoms with Crippen LogP contribution in [0.4, 0.5) is 0 Å². The first-order chi connectivity index (χ1) is 4.70. The maximum atomic E-state index is 10.6. The Morgan fingerprint density at radius 2 is 2.20 bits per heavy atom. The minimum atomic E-state index is -0.484. The number of esters is 1. The molecule has 3 heteroatoms. The first kappa shape index (κ1) is 9.01. The Morgan fingerprint density at radius 3 is 2.60 bits per heavy atom. The number of rotatable bonds is 3. The van der Waals surface area contributed by atoms with E-state index >= 15 is 0 Å². The molecule has 0 spiro atoms. The van der Waals surface area contributed by atoms with E-state index in [1.807, 2.05) is 0 Å². The third kappa shape index (κ3) is 3.95. The average Bonchev–Trinajstić information content (AvgIpc) is 1.88.